The molecule has 1 amide bonds. The number of rotatable bonds is 1. The van der Waals surface area contributed by atoms with Gasteiger partial charge in [0.1, 0.15) is 22.8 Å². The number of nitrogens with zero attached hydrogens (tertiary/aromatic N) is 4. The van der Waals surface area contributed by atoms with Gasteiger partial charge in [-0.05, 0) is 33.6 Å². The van der Waals surface area contributed by atoms with Crippen LogP contribution in [-0.4, -0.2) is 44.3 Å². The number of ether oxygens (including phenoxy) is 1. The third-order valence-electron chi connectivity index (χ3n) is 4.66. The van der Waals surface area contributed by atoms with Crippen molar-refractivity contribution in [3.63, 3.8) is 0 Å². The number of carbonyl (C=O) groups is 1. The van der Waals surface area contributed by atoms with Gasteiger partial charge in [0.15, 0.2) is 5.65 Å². The number of nitriles is 1. The van der Waals surface area contributed by atoms with Crippen LogP contribution in [0.15, 0.2) is 11.0 Å². The molecule has 29 heavy (non-hydrogen) atoms. The summed E-state index contributed by atoms with van der Waals surface area (Å²) in [5, 5.41) is 12.1. The molecule has 0 aliphatic carbocycles. The number of piperidine rings is 1. The van der Waals surface area contributed by atoms with E-state index in [-0.39, 0.29) is 17.1 Å². The van der Waals surface area contributed by atoms with E-state index in [1.807, 2.05) is 6.07 Å². The number of fused-ring (bicyclic) bond motifs is 1. The van der Waals surface area contributed by atoms with E-state index in [0.29, 0.717) is 42.3 Å². The van der Waals surface area contributed by atoms with Gasteiger partial charge in [-0.15, -0.1) is 0 Å². The Morgan fingerprint density at radius 1 is 1.31 bits per heavy atom. The first-order chi connectivity index (χ1) is 13.4. The van der Waals surface area contributed by atoms with Crippen LogP contribution in [0.5, 0.6) is 0 Å². The third kappa shape index (κ3) is 4.06. The van der Waals surface area contributed by atoms with E-state index >= 15 is 0 Å². The van der Waals surface area contributed by atoms with Crippen molar-refractivity contribution in [1.82, 2.24) is 19.5 Å². The van der Waals surface area contributed by atoms with Gasteiger partial charge in [-0.1, -0.05) is 0 Å². The summed E-state index contributed by atoms with van der Waals surface area (Å²) in [5.41, 5.74) is -3.10. The lowest BCUT2D eigenvalue weighted by molar-refractivity contribution is -0.139. The van der Waals surface area contributed by atoms with Crippen molar-refractivity contribution >= 4 is 11.7 Å². The van der Waals surface area contributed by atoms with Crippen LogP contribution >= 0.6 is 0 Å². The number of hydrogen-bond acceptors (Lipinski definition) is 5. The highest BCUT2D eigenvalue weighted by Crippen LogP contribution is 2.32. The number of H-pyrrole nitrogens is 1. The van der Waals surface area contributed by atoms with E-state index in [1.165, 1.54) is 0 Å². The first kappa shape index (κ1) is 20.7. The molecule has 156 valence electrons. The number of alkyl halides is 3. The maximum absolute atomic E-state index is 13.0. The number of aromatic nitrogens is 3. The van der Waals surface area contributed by atoms with Crippen LogP contribution in [-0.2, 0) is 10.9 Å². The van der Waals surface area contributed by atoms with E-state index in [4.69, 9.17) is 4.74 Å². The number of halogens is 3. The predicted octanol–water partition coefficient (Wildman–Crippen LogP) is 3.03. The smallest absolute Gasteiger partial charge is 0.423 e. The molecule has 0 unspecified atom stereocenters. The molecule has 11 heteroatoms. The Balaban J connectivity index is 1.88. The molecule has 1 saturated heterocycles. The first-order valence-electron chi connectivity index (χ1n) is 9.01. The van der Waals surface area contributed by atoms with Gasteiger partial charge in [0.2, 0.25) is 0 Å². The molecule has 3 heterocycles. The number of hydrogen-bond donors (Lipinski definition) is 1. The van der Waals surface area contributed by atoms with E-state index in [0.717, 1.165) is 0 Å². The summed E-state index contributed by atoms with van der Waals surface area (Å²) in [6, 6.07) is 1.93. The Morgan fingerprint density at radius 3 is 2.45 bits per heavy atom. The summed E-state index contributed by atoms with van der Waals surface area (Å²) in [6.07, 6.45) is -3.92. The van der Waals surface area contributed by atoms with Gasteiger partial charge in [-0.3, -0.25) is 9.89 Å². The highest BCUT2D eigenvalue weighted by atomic mass is 19.4. The minimum Gasteiger partial charge on any atom is -0.444 e. The second-order valence-electron chi connectivity index (χ2n) is 7.89. The maximum Gasteiger partial charge on any atom is 0.423 e. The lowest BCUT2D eigenvalue weighted by atomic mass is 9.91. The summed E-state index contributed by atoms with van der Waals surface area (Å²) in [4.78, 5) is 29.6. The van der Waals surface area contributed by atoms with Crippen molar-refractivity contribution in [3.8, 4) is 6.07 Å². The van der Waals surface area contributed by atoms with Gasteiger partial charge in [0, 0.05) is 25.2 Å². The Labute approximate surface area is 163 Å². The topological polar surface area (TPSA) is 103 Å². The minimum atomic E-state index is -4.85. The minimum absolute atomic E-state index is 0.0338. The Morgan fingerprint density at radius 2 is 1.93 bits per heavy atom. The quantitative estimate of drug-likeness (QED) is 0.777. The standard InChI is InChI=1S/C18H20F3N5O3/c1-17(2,3)29-16(28)25-6-4-10(5-7-25)13-11(8-22)14-23-9-12(18(19,20)21)15(27)26(14)24-13/h9-10,24H,4-7H2,1-3H3. The molecule has 1 N–H and O–H groups in total. The predicted molar refractivity (Wildman–Crippen MR) is 95.3 cm³/mol. The largest absolute Gasteiger partial charge is 0.444 e. The zero-order chi connectivity index (χ0) is 21.6. The van der Waals surface area contributed by atoms with Gasteiger partial charge in [-0.2, -0.15) is 22.9 Å². The lowest BCUT2D eigenvalue weighted by Crippen LogP contribution is -2.41. The molecule has 2 aromatic heterocycles. The molecule has 1 aliphatic heterocycles. The molecule has 1 aliphatic rings. The number of aromatic amines is 1. The second-order valence-corrected chi connectivity index (χ2v) is 7.89. The van der Waals surface area contributed by atoms with Crippen molar-refractivity contribution < 1.29 is 22.7 Å². The van der Waals surface area contributed by atoms with Crippen LogP contribution in [0.4, 0.5) is 18.0 Å². The van der Waals surface area contributed by atoms with Crippen LogP contribution in [0.3, 0.4) is 0 Å². The zero-order valence-corrected chi connectivity index (χ0v) is 16.1. The normalized spacial score (nSPS) is 16.1. The molecular formula is C18H20F3N5O3. The molecule has 0 bridgehead atoms. The average molecular weight is 411 g/mol. The number of nitrogens with one attached hydrogen (secondary N) is 1. The second kappa shape index (κ2) is 7.09. The monoisotopic (exact) mass is 411 g/mol. The van der Waals surface area contributed by atoms with Crippen LogP contribution in [0, 0.1) is 11.3 Å². The summed E-state index contributed by atoms with van der Waals surface area (Å²) < 4.78 is 44.9. The first-order valence-corrected chi connectivity index (χ1v) is 9.01. The number of amides is 1. The maximum atomic E-state index is 13.0. The molecule has 0 aromatic carbocycles. The highest BCUT2D eigenvalue weighted by molar-refractivity contribution is 5.68. The molecule has 0 radical (unpaired) electrons. The lowest BCUT2D eigenvalue weighted by Gasteiger charge is -2.33. The summed E-state index contributed by atoms with van der Waals surface area (Å²) in [7, 11) is 0. The zero-order valence-electron chi connectivity index (χ0n) is 16.1. The van der Waals surface area contributed by atoms with Gasteiger partial charge in [-0.25, -0.2) is 9.78 Å². The molecule has 0 atom stereocenters. The van der Waals surface area contributed by atoms with Gasteiger partial charge >= 0.3 is 12.3 Å². The van der Waals surface area contributed by atoms with E-state index in [9.17, 15) is 28.0 Å². The van der Waals surface area contributed by atoms with Crippen molar-refractivity contribution in [2.24, 2.45) is 0 Å². The summed E-state index contributed by atoms with van der Waals surface area (Å²) >= 11 is 0. The van der Waals surface area contributed by atoms with Gasteiger partial charge in [0.25, 0.3) is 5.56 Å². The fourth-order valence-corrected chi connectivity index (χ4v) is 3.31. The number of carbonyl (C=O) groups excluding carboxylic acids is 1. The molecule has 3 rings (SSSR count). The average Bonchev–Trinajstić information content (AvgIpc) is 2.99. The Kier molecular flexibility index (Phi) is 5.06. The van der Waals surface area contributed by atoms with Crippen molar-refractivity contribution in [2.75, 3.05) is 13.1 Å². The third-order valence-corrected chi connectivity index (χ3v) is 4.66. The van der Waals surface area contributed by atoms with Crippen LogP contribution in [0.25, 0.3) is 5.65 Å². The Bertz CT molecular complexity index is 1030. The van der Waals surface area contributed by atoms with Crippen LogP contribution < -0.4 is 5.56 Å². The van der Waals surface area contributed by atoms with E-state index in [2.05, 4.69) is 10.1 Å². The van der Waals surface area contributed by atoms with E-state index < -0.39 is 29.0 Å². The SMILES string of the molecule is CC(C)(C)OC(=O)N1CCC(c2[nH]n3c(=O)c(C(F)(F)F)cnc3c2C#N)CC1. The van der Waals surface area contributed by atoms with Crippen LogP contribution in [0.1, 0.15) is 56.4 Å². The fourth-order valence-electron chi connectivity index (χ4n) is 3.31. The molecule has 0 spiro atoms. The molecule has 1 fully saturated rings. The molecular weight excluding hydrogens is 391 g/mol. The number of likely N-dealkylation sites (tertiary alicyclic amines) is 1. The molecule has 8 nitrogen and oxygen atoms in total. The van der Waals surface area contributed by atoms with E-state index in [1.54, 1.807) is 25.7 Å². The van der Waals surface area contributed by atoms with Crippen molar-refractivity contribution in [1.29, 1.82) is 5.26 Å². The molecule has 2 aromatic rings. The Hall–Kier alpha value is -3.03. The van der Waals surface area contributed by atoms with Gasteiger partial charge < -0.3 is 9.64 Å². The van der Waals surface area contributed by atoms with Crippen molar-refractivity contribution in [3.05, 3.63) is 33.4 Å². The summed E-state index contributed by atoms with van der Waals surface area (Å²) in [5.74, 6) is -0.237. The molecule has 0 saturated carbocycles. The summed E-state index contributed by atoms with van der Waals surface area (Å²) in [6.45, 7) is 6.01. The van der Waals surface area contributed by atoms with Crippen LogP contribution in [0.2, 0.25) is 0 Å². The van der Waals surface area contributed by atoms with Crippen molar-refractivity contribution in [2.45, 2.75) is 51.3 Å². The van der Waals surface area contributed by atoms with Gasteiger partial charge in [0.05, 0.1) is 5.69 Å². The fraction of sp³-hybridized carbons (Fsp3) is 0.556. The highest BCUT2D eigenvalue weighted by Gasteiger charge is 2.36.